The van der Waals surface area contributed by atoms with Gasteiger partial charge in [-0.1, -0.05) is 12.1 Å². The number of aromatic nitrogens is 2. The van der Waals surface area contributed by atoms with Crippen molar-refractivity contribution in [1.29, 1.82) is 0 Å². The second kappa shape index (κ2) is 6.19. The summed E-state index contributed by atoms with van der Waals surface area (Å²) in [4.78, 5) is 15.3. The van der Waals surface area contributed by atoms with Gasteiger partial charge in [0, 0.05) is 6.04 Å². The van der Waals surface area contributed by atoms with E-state index in [9.17, 15) is 18.0 Å². The average Bonchev–Trinajstić information content (AvgIpc) is 2.90. The molecule has 8 heteroatoms. The molecule has 124 valence electrons. The minimum Gasteiger partial charge on any atom is -0.451 e. The van der Waals surface area contributed by atoms with E-state index < -0.39 is 18.8 Å². The van der Waals surface area contributed by atoms with E-state index in [2.05, 4.69) is 15.0 Å². The van der Waals surface area contributed by atoms with E-state index in [-0.39, 0.29) is 6.04 Å². The lowest BCUT2D eigenvalue weighted by Gasteiger charge is -2.26. The molecule has 23 heavy (non-hydrogen) atoms. The Labute approximate surface area is 130 Å². The lowest BCUT2D eigenvalue weighted by molar-refractivity contribution is -0.201. The maximum Gasteiger partial charge on any atom is 0.490 e. The zero-order chi connectivity index (χ0) is 16.4. The van der Waals surface area contributed by atoms with Crippen LogP contribution < -0.4 is 5.32 Å². The van der Waals surface area contributed by atoms with Gasteiger partial charge in [0.25, 0.3) is 0 Å². The molecule has 0 atom stereocenters. The van der Waals surface area contributed by atoms with Gasteiger partial charge in [-0.2, -0.15) is 13.2 Å². The molecule has 2 heterocycles. The first-order valence-corrected chi connectivity index (χ1v) is 7.37. The fraction of sp³-hybridized carbons (Fsp3) is 0.467. The number of hydrogen-bond acceptors (Lipinski definition) is 4. The van der Waals surface area contributed by atoms with E-state index in [0.717, 1.165) is 31.4 Å². The minimum absolute atomic E-state index is 0.128. The van der Waals surface area contributed by atoms with Gasteiger partial charge in [-0.25, -0.2) is 9.78 Å². The maximum atomic E-state index is 12.3. The highest BCUT2D eigenvalue weighted by Gasteiger charge is 2.41. The predicted molar refractivity (Wildman–Crippen MR) is 76.7 cm³/mol. The number of carbonyl (C=O) groups excluding carboxylic acids is 1. The molecule has 0 saturated carbocycles. The summed E-state index contributed by atoms with van der Waals surface area (Å²) in [6.07, 6.45) is -3.30. The molecule has 5 nitrogen and oxygen atoms in total. The summed E-state index contributed by atoms with van der Waals surface area (Å²) in [7, 11) is 0. The monoisotopic (exact) mass is 327 g/mol. The molecular weight excluding hydrogens is 311 g/mol. The highest BCUT2D eigenvalue weighted by molar-refractivity contribution is 5.77. The number of ether oxygens (including phenoxy) is 1. The van der Waals surface area contributed by atoms with Crippen molar-refractivity contribution in [1.82, 2.24) is 14.9 Å². The third kappa shape index (κ3) is 3.31. The Morgan fingerprint density at radius 1 is 1.30 bits per heavy atom. The summed E-state index contributed by atoms with van der Waals surface area (Å²) in [6, 6.07) is 7.46. The fourth-order valence-corrected chi connectivity index (χ4v) is 2.88. The SMILES string of the molecule is O=C(OCc1nc2ccccc2n1C1CCNCC1)C(F)(F)F. The van der Waals surface area contributed by atoms with Gasteiger partial charge in [0.1, 0.15) is 12.4 Å². The summed E-state index contributed by atoms with van der Waals surface area (Å²) in [5.41, 5.74) is 1.53. The number of fused-ring (bicyclic) bond motifs is 1. The molecule has 1 fully saturated rings. The topological polar surface area (TPSA) is 56.1 Å². The number of imidazole rings is 1. The summed E-state index contributed by atoms with van der Waals surface area (Å²) < 4.78 is 43.2. The fourth-order valence-electron chi connectivity index (χ4n) is 2.88. The highest BCUT2D eigenvalue weighted by Crippen LogP contribution is 2.27. The molecule has 3 rings (SSSR count). The Kier molecular flexibility index (Phi) is 4.25. The van der Waals surface area contributed by atoms with Crippen molar-refractivity contribution >= 4 is 17.0 Å². The molecule has 0 amide bonds. The quantitative estimate of drug-likeness (QED) is 0.881. The maximum absolute atomic E-state index is 12.3. The first kappa shape index (κ1) is 15.8. The zero-order valence-corrected chi connectivity index (χ0v) is 12.3. The molecule has 1 N–H and O–H groups in total. The van der Waals surface area contributed by atoms with Crippen LogP contribution in [0.15, 0.2) is 24.3 Å². The van der Waals surface area contributed by atoms with Crippen molar-refractivity contribution in [2.24, 2.45) is 0 Å². The number of nitrogens with zero attached hydrogens (tertiary/aromatic N) is 2. The number of benzene rings is 1. The summed E-state index contributed by atoms with van der Waals surface area (Å²) in [5, 5.41) is 3.25. The van der Waals surface area contributed by atoms with Crippen LogP contribution in [0.4, 0.5) is 13.2 Å². The molecule has 1 aliphatic heterocycles. The molecular formula is C15H16F3N3O2. The largest absolute Gasteiger partial charge is 0.490 e. The van der Waals surface area contributed by atoms with Crippen molar-refractivity contribution in [2.45, 2.75) is 31.7 Å². The summed E-state index contributed by atoms with van der Waals surface area (Å²) in [6.45, 7) is 1.18. The second-order valence-electron chi connectivity index (χ2n) is 5.44. The Bertz CT molecular complexity index is 706. The van der Waals surface area contributed by atoms with E-state index in [1.807, 2.05) is 22.8 Å². The van der Waals surface area contributed by atoms with Crippen LogP contribution in [0, 0.1) is 0 Å². The van der Waals surface area contributed by atoms with Crippen LogP contribution in [-0.4, -0.2) is 34.8 Å². The molecule has 0 spiro atoms. The number of hydrogen-bond donors (Lipinski definition) is 1. The number of nitrogens with one attached hydrogen (secondary N) is 1. The van der Waals surface area contributed by atoms with Crippen molar-refractivity contribution in [3.63, 3.8) is 0 Å². The second-order valence-corrected chi connectivity index (χ2v) is 5.44. The Morgan fingerprint density at radius 2 is 2.00 bits per heavy atom. The Morgan fingerprint density at radius 3 is 2.70 bits per heavy atom. The summed E-state index contributed by atoms with van der Waals surface area (Å²) in [5.74, 6) is -1.85. The van der Waals surface area contributed by atoms with Gasteiger partial charge < -0.3 is 14.6 Å². The molecule has 0 radical (unpaired) electrons. The number of piperidine rings is 1. The Balaban J connectivity index is 1.90. The molecule has 1 aromatic heterocycles. The summed E-state index contributed by atoms with van der Waals surface area (Å²) >= 11 is 0. The van der Waals surface area contributed by atoms with Crippen molar-refractivity contribution in [2.75, 3.05) is 13.1 Å². The van der Waals surface area contributed by atoms with Gasteiger partial charge in [0.05, 0.1) is 11.0 Å². The zero-order valence-electron chi connectivity index (χ0n) is 12.3. The normalized spacial score (nSPS) is 16.7. The number of carbonyl (C=O) groups is 1. The molecule has 0 bridgehead atoms. The van der Waals surface area contributed by atoms with E-state index in [1.54, 1.807) is 6.07 Å². The lowest BCUT2D eigenvalue weighted by Crippen LogP contribution is -2.30. The van der Waals surface area contributed by atoms with Crippen molar-refractivity contribution < 1.29 is 22.7 Å². The molecule has 0 unspecified atom stereocenters. The number of para-hydroxylation sites is 2. The molecule has 1 aromatic carbocycles. The van der Waals surface area contributed by atoms with Crippen LogP contribution in [0.1, 0.15) is 24.7 Å². The average molecular weight is 327 g/mol. The van der Waals surface area contributed by atoms with Crippen LogP contribution in [0.2, 0.25) is 0 Å². The van der Waals surface area contributed by atoms with Gasteiger partial charge in [0.2, 0.25) is 0 Å². The lowest BCUT2D eigenvalue weighted by atomic mass is 10.1. The van der Waals surface area contributed by atoms with E-state index in [4.69, 9.17) is 0 Å². The van der Waals surface area contributed by atoms with Gasteiger partial charge in [0.15, 0.2) is 0 Å². The smallest absolute Gasteiger partial charge is 0.451 e. The van der Waals surface area contributed by atoms with Crippen LogP contribution in [0.25, 0.3) is 11.0 Å². The highest BCUT2D eigenvalue weighted by atomic mass is 19.4. The standard InChI is InChI=1S/C15H16F3N3O2/c16-15(17,18)14(22)23-9-13-20-11-3-1-2-4-12(11)21(13)10-5-7-19-8-6-10/h1-4,10,19H,5-9H2. The minimum atomic E-state index is -4.99. The molecule has 1 saturated heterocycles. The molecule has 0 aliphatic carbocycles. The van der Waals surface area contributed by atoms with E-state index in [0.29, 0.717) is 11.3 Å². The van der Waals surface area contributed by atoms with Crippen LogP contribution >= 0.6 is 0 Å². The van der Waals surface area contributed by atoms with Crippen molar-refractivity contribution in [3.05, 3.63) is 30.1 Å². The van der Waals surface area contributed by atoms with Gasteiger partial charge >= 0.3 is 12.1 Å². The number of halogens is 3. The van der Waals surface area contributed by atoms with Crippen LogP contribution in [0.3, 0.4) is 0 Å². The third-order valence-corrected chi connectivity index (χ3v) is 3.91. The third-order valence-electron chi connectivity index (χ3n) is 3.91. The van der Waals surface area contributed by atoms with Crippen molar-refractivity contribution in [3.8, 4) is 0 Å². The van der Waals surface area contributed by atoms with Gasteiger partial charge in [-0.05, 0) is 38.1 Å². The van der Waals surface area contributed by atoms with Gasteiger partial charge in [-0.3, -0.25) is 0 Å². The molecule has 1 aliphatic rings. The first-order valence-electron chi connectivity index (χ1n) is 7.37. The number of alkyl halides is 3. The first-order chi connectivity index (χ1) is 11.0. The number of esters is 1. The molecule has 2 aromatic rings. The van der Waals surface area contributed by atoms with E-state index in [1.165, 1.54) is 0 Å². The number of rotatable bonds is 3. The van der Waals surface area contributed by atoms with Gasteiger partial charge in [-0.15, -0.1) is 0 Å². The van der Waals surface area contributed by atoms with Crippen LogP contribution in [0.5, 0.6) is 0 Å². The Hall–Kier alpha value is -2.09. The van der Waals surface area contributed by atoms with E-state index >= 15 is 0 Å². The van der Waals surface area contributed by atoms with Crippen LogP contribution in [-0.2, 0) is 16.1 Å². The predicted octanol–water partition coefficient (Wildman–Crippen LogP) is 2.57.